The normalized spacial score (nSPS) is 8.91. The Morgan fingerprint density at radius 3 is 1.61 bits per heavy atom. The molecule has 0 saturated heterocycles. The smallest absolute Gasteiger partial charge is 0.215 e. The summed E-state index contributed by atoms with van der Waals surface area (Å²) in [7, 11) is 0. The molecule has 0 saturated carbocycles. The highest BCUT2D eigenvalue weighted by Crippen LogP contribution is 2.08. The summed E-state index contributed by atoms with van der Waals surface area (Å²) < 4.78 is 0. The molecule has 0 aliphatic heterocycles. The molecule has 33 heavy (non-hydrogen) atoms. The minimum Gasteiger partial charge on any atom is -0.317 e. The van der Waals surface area contributed by atoms with Crippen molar-refractivity contribution in [2.24, 2.45) is 11.8 Å². The van der Waals surface area contributed by atoms with Crippen molar-refractivity contribution >= 4 is 67.1 Å². The van der Waals surface area contributed by atoms with Crippen molar-refractivity contribution in [1.82, 2.24) is 0 Å². The van der Waals surface area contributed by atoms with Crippen LogP contribution < -0.4 is 0 Å². The minimum atomic E-state index is 0. The number of Topliss-reactive ketones (excluding diaryl/α,β-unsaturated/α-hetero) is 2. The first-order valence-corrected chi connectivity index (χ1v) is 9.87. The van der Waals surface area contributed by atoms with Gasteiger partial charge in [-0.15, -0.1) is 24.0 Å². The maximum atomic E-state index is 10.8. The number of carbonyl (C=O) groups is 3. The highest BCUT2D eigenvalue weighted by Gasteiger charge is 2.11. The average Bonchev–Trinajstić information content (AvgIpc) is 2.70. The molecule has 0 amide bonds. The van der Waals surface area contributed by atoms with Crippen LogP contribution in [0.2, 0.25) is 0 Å². The number of aldehydes is 1. The van der Waals surface area contributed by atoms with Crippen molar-refractivity contribution in [3.8, 4) is 6.07 Å². The summed E-state index contributed by atoms with van der Waals surface area (Å²) in [5.41, 5.74) is 0. The Bertz CT molecular complexity index is 572. The van der Waals surface area contributed by atoms with Crippen molar-refractivity contribution < 1.29 is 14.4 Å². The first-order chi connectivity index (χ1) is 13.7. The number of hydrogen-bond acceptors (Lipinski definition) is 4. The zero-order valence-electron chi connectivity index (χ0n) is 20.9. The van der Waals surface area contributed by atoms with E-state index in [4.69, 9.17) is 18.4 Å². The van der Waals surface area contributed by atoms with Gasteiger partial charge in [0, 0.05) is 62.4 Å². The summed E-state index contributed by atoms with van der Waals surface area (Å²) in [5, 5.41) is 7.51. The fourth-order valence-electron chi connectivity index (χ4n) is 1.87. The van der Waals surface area contributed by atoms with Crippen molar-refractivity contribution in [2.75, 3.05) is 13.1 Å². The van der Waals surface area contributed by atoms with Crippen molar-refractivity contribution in [3.63, 3.8) is 0 Å². The summed E-state index contributed by atoms with van der Waals surface area (Å²) in [4.78, 5) is 37.3. The Kier molecular flexibility index (Phi) is 76.5. The number of hydrogen-bond donors (Lipinski definition) is 0. The lowest BCUT2D eigenvalue weighted by molar-refractivity contribution is -0.121. The van der Waals surface area contributed by atoms with Crippen LogP contribution in [0.25, 0.3) is 9.69 Å². The SMILES string of the molecule is C=CC#N.CCCC(C)=O.I.[B].[B].[B].[C-]#[N+]CCC(C=O)CC.[C-]#[N+]CCC(CC)C(C)=O. The van der Waals surface area contributed by atoms with Crippen LogP contribution in [0.15, 0.2) is 12.7 Å². The van der Waals surface area contributed by atoms with E-state index in [9.17, 15) is 14.4 Å². The van der Waals surface area contributed by atoms with Crippen LogP contribution in [0.5, 0.6) is 0 Å². The molecule has 0 aliphatic carbocycles. The maximum Gasteiger partial charge on any atom is 0.215 e. The molecule has 9 radical (unpaired) electrons. The van der Waals surface area contributed by atoms with Gasteiger partial charge in [0.25, 0.3) is 0 Å². The predicted molar refractivity (Wildman–Crippen MR) is 151 cm³/mol. The number of halogens is 1. The van der Waals surface area contributed by atoms with Crippen LogP contribution in [-0.2, 0) is 14.4 Å². The highest BCUT2D eigenvalue weighted by atomic mass is 127. The quantitative estimate of drug-likeness (QED) is 0.123. The van der Waals surface area contributed by atoms with E-state index in [1.807, 2.05) is 20.8 Å². The van der Waals surface area contributed by atoms with E-state index >= 15 is 0 Å². The van der Waals surface area contributed by atoms with Gasteiger partial charge in [-0.1, -0.05) is 27.4 Å². The molecule has 179 valence electrons. The van der Waals surface area contributed by atoms with Crippen LogP contribution in [0.3, 0.4) is 0 Å². The average molecular weight is 564 g/mol. The van der Waals surface area contributed by atoms with Gasteiger partial charge in [-0.2, -0.15) is 5.26 Å². The number of allylic oxidation sites excluding steroid dienone is 1. The van der Waals surface area contributed by atoms with E-state index in [1.54, 1.807) is 19.9 Å². The number of rotatable bonds is 10. The maximum absolute atomic E-state index is 10.8. The van der Waals surface area contributed by atoms with Crippen molar-refractivity contribution in [2.45, 2.75) is 73.1 Å². The molecule has 0 aromatic heterocycles. The number of nitriles is 1. The molecular weight excluding hydrogens is 526 g/mol. The number of ketones is 2. The number of carbonyl (C=O) groups excluding carboxylic acids is 3. The summed E-state index contributed by atoms with van der Waals surface area (Å²) in [6.45, 7) is 26.2. The molecule has 0 N–H and O–H groups in total. The molecule has 0 aromatic rings. The Labute approximate surface area is 225 Å². The van der Waals surface area contributed by atoms with Gasteiger partial charge in [0.15, 0.2) is 0 Å². The fraction of sp³-hybridized carbons (Fsp3) is 0.652. The molecule has 0 rings (SSSR count). The lowest BCUT2D eigenvalue weighted by atomic mass is 9.99. The van der Waals surface area contributed by atoms with Gasteiger partial charge < -0.3 is 19.3 Å². The van der Waals surface area contributed by atoms with Gasteiger partial charge in [0.05, 0.1) is 6.07 Å². The third kappa shape index (κ3) is 58.8. The van der Waals surface area contributed by atoms with Gasteiger partial charge in [-0.05, 0) is 33.1 Å². The van der Waals surface area contributed by atoms with Crippen LogP contribution in [0.4, 0.5) is 0 Å². The van der Waals surface area contributed by atoms with Crippen LogP contribution in [-0.4, -0.2) is 56.2 Å². The molecule has 0 aliphatic rings. The monoisotopic (exact) mass is 564 g/mol. The lowest BCUT2D eigenvalue weighted by Gasteiger charge is -2.04. The van der Waals surface area contributed by atoms with Crippen molar-refractivity contribution in [3.05, 3.63) is 35.5 Å². The van der Waals surface area contributed by atoms with E-state index < -0.39 is 0 Å². The Balaban J connectivity index is -0.0000000422. The van der Waals surface area contributed by atoms with Gasteiger partial charge >= 0.3 is 0 Å². The van der Waals surface area contributed by atoms with Gasteiger partial charge in [0.1, 0.15) is 17.9 Å². The van der Waals surface area contributed by atoms with E-state index in [0.717, 1.165) is 44.8 Å². The molecule has 2 atom stereocenters. The molecule has 0 aromatic carbocycles. The summed E-state index contributed by atoms with van der Waals surface area (Å²) in [5.74, 6) is 0.733. The first kappa shape index (κ1) is 52.8. The molecule has 0 fully saturated rings. The topological polar surface area (TPSA) is 83.7 Å². The van der Waals surface area contributed by atoms with Crippen molar-refractivity contribution in [1.29, 1.82) is 5.26 Å². The Morgan fingerprint density at radius 1 is 1.00 bits per heavy atom. The third-order valence-corrected chi connectivity index (χ3v) is 3.68. The fourth-order valence-corrected chi connectivity index (χ4v) is 1.87. The van der Waals surface area contributed by atoms with Crippen LogP contribution >= 0.6 is 24.0 Å². The molecule has 0 bridgehead atoms. The molecule has 10 heteroatoms. The zero-order valence-corrected chi connectivity index (χ0v) is 23.2. The van der Waals surface area contributed by atoms with Gasteiger partial charge in [0.2, 0.25) is 13.1 Å². The summed E-state index contributed by atoms with van der Waals surface area (Å²) in [6.07, 6.45) is 7.02. The van der Waals surface area contributed by atoms with E-state index in [2.05, 4.69) is 16.3 Å². The van der Waals surface area contributed by atoms with E-state index in [0.29, 0.717) is 13.1 Å². The van der Waals surface area contributed by atoms with E-state index in [-0.39, 0.29) is 72.6 Å². The molecule has 6 nitrogen and oxygen atoms in total. The lowest BCUT2D eigenvalue weighted by Crippen LogP contribution is -2.10. The zero-order chi connectivity index (χ0) is 23.5. The second kappa shape index (κ2) is 47.8. The predicted octanol–water partition coefficient (Wildman–Crippen LogP) is 4.98. The Morgan fingerprint density at radius 2 is 1.42 bits per heavy atom. The first-order valence-electron chi connectivity index (χ1n) is 9.87. The van der Waals surface area contributed by atoms with Gasteiger partial charge in [-0.25, -0.2) is 13.1 Å². The largest absolute Gasteiger partial charge is 0.317 e. The van der Waals surface area contributed by atoms with Gasteiger partial charge in [-0.3, -0.25) is 4.79 Å². The summed E-state index contributed by atoms with van der Waals surface area (Å²) in [6, 6.07) is 1.69. The highest BCUT2D eigenvalue weighted by molar-refractivity contribution is 14.0. The summed E-state index contributed by atoms with van der Waals surface area (Å²) >= 11 is 0. The van der Waals surface area contributed by atoms with Crippen LogP contribution in [0.1, 0.15) is 73.1 Å². The third-order valence-electron chi connectivity index (χ3n) is 3.68. The molecular formula is C23H38B3IN3O3. The Hall–Kier alpha value is -1.86. The standard InChI is InChI=1S/C8H13NO.C7H11NO.C5H10O.C3H3N.3B.HI/c1-4-8(7(2)10)5-6-9-3;1-3-7(6-9)4-5-8-2;1-3-4-5(2)6;1-2-3-4;;;;/h8H,4-6H2,1-2H3;6-7H,3-5H2,1H3;3-4H2,1-2H3;2H,1H2;;;;1H. The minimum absolute atomic E-state index is 0. The second-order valence-corrected chi connectivity index (χ2v) is 6.15. The molecule has 2 unspecified atom stereocenters. The molecule has 0 heterocycles. The number of nitrogens with zero attached hydrogens (tertiary/aromatic N) is 3. The molecule has 0 spiro atoms. The van der Waals surface area contributed by atoms with Crippen LogP contribution in [0, 0.1) is 36.3 Å². The van der Waals surface area contributed by atoms with E-state index in [1.165, 1.54) is 6.08 Å². The second-order valence-electron chi connectivity index (χ2n) is 6.15.